The molecule has 4 heteroatoms. The van der Waals surface area contributed by atoms with Crippen LogP contribution < -0.4 is 10.6 Å². The van der Waals surface area contributed by atoms with E-state index in [4.69, 9.17) is 0 Å². The number of carbonyl (C=O) groups is 2. The molecular weight excluding hydrogens is 396 g/mol. The lowest BCUT2D eigenvalue weighted by Gasteiger charge is -2.28. The molecule has 2 N–H and O–H groups in total. The molecule has 2 atom stereocenters. The van der Waals surface area contributed by atoms with Crippen LogP contribution in [0, 0.1) is 11.8 Å². The van der Waals surface area contributed by atoms with E-state index in [-0.39, 0.29) is 23.7 Å². The number of rotatable bonds is 10. The van der Waals surface area contributed by atoms with Crippen molar-refractivity contribution in [3.63, 3.8) is 0 Å². The summed E-state index contributed by atoms with van der Waals surface area (Å²) in [5.41, 5.74) is 2.55. The first kappa shape index (κ1) is 24.0. The molecule has 2 aromatic carbocycles. The zero-order chi connectivity index (χ0) is 22.8. The summed E-state index contributed by atoms with van der Waals surface area (Å²) in [5.74, 6) is 1.04. The molecule has 1 aliphatic carbocycles. The summed E-state index contributed by atoms with van der Waals surface area (Å²) in [4.78, 5) is 25.5. The second-order valence-electron chi connectivity index (χ2n) is 9.07. The van der Waals surface area contributed by atoms with Gasteiger partial charge in [-0.05, 0) is 49.7 Å². The van der Waals surface area contributed by atoms with E-state index in [1.54, 1.807) is 0 Å². The second-order valence-corrected chi connectivity index (χ2v) is 9.07. The van der Waals surface area contributed by atoms with Gasteiger partial charge in [-0.2, -0.15) is 0 Å². The summed E-state index contributed by atoms with van der Waals surface area (Å²) in [7, 11) is 0. The molecule has 0 unspecified atom stereocenters. The molecule has 2 aromatic rings. The van der Waals surface area contributed by atoms with Crippen molar-refractivity contribution < 1.29 is 9.59 Å². The van der Waals surface area contributed by atoms with Gasteiger partial charge in [0.2, 0.25) is 11.8 Å². The molecule has 1 saturated carbocycles. The highest BCUT2D eigenvalue weighted by Crippen LogP contribution is 2.30. The van der Waals surface area contributed by atoms with Crippen LogP contribution in [-0.4, -0.2) is 24.9 Å². The Balaban J connectivity index is 1.41. The van der Waals surface area contributed by atoms with Crippen LogP contribution >= 0.6 is 0 Å². The minimum Gasteiger partial charge on any atom is -0.355 e. The van der Waals surface area contributed by atoms with E-state index in [9.17, 15) is 9.59 Å². The first-order valence-corrected chi connectivity index (χ1v) is 12.3. The van der Waals surface area contributed by atoms with Gasteiger partial charge in [-0.25, -0.2) is 0 Å². The Hall–Kier alpha value is -2.62. The predicted octanol–water partition coefficient (Wildman–Crippen LogP) is 5.41. The molecule has 0 spiro atoms. The standard InChI is InChI=1S/C28H38N2O2/c1-3-21(23-11-7-5-8-12-23)19-29-27(31)25-15-17-26(18-16-25)28(32)30-20-22(4-2)24-13-9-6-10-14-24/h5-14,21-22,25-26H,3-4,15-20H2,1-2H3,(H,29,31)(H,30,32)/t21-,22-,25?,26?/m1/s1. The Kier molecular flexibility index (Phi) is 9.33. The lowest BCUT2D eigenvalue weighted by Crippen LogP contribution is -2.39. The van der Waals surface area contributed by atoms with Gasteiger partial charge >= 0.3 is 0 Å². The quantitative estimate of drug-likeness (QED) is 0.525. The Labute approximate surface area is 193 Å². The summed E-state index contributed by atoms with van der Waals surface area (Å²) in [6.07, 6.45) is 5.17. The molecule has 1 fully saturated rings. The summed E-state index contributed by atoms with van der Waals surface area (Å²) in [5, 5.41) is 6.34. The number of amides is 2. The predicted molar refractivity (Wildman–Crippen MR) is 130 cm³/mol. The maximum absolute atomic E-state index is 12.7. The van der Waals surface area contributed by atoms with Crippen LogP contribution in [0.4, 0.5) is 0 Å². The number of hydrogen-bond donors (Lipinski definition) is 2. The zero-order valence-electron chi connectivity index (χ0n) is 19.6. The SMILES string of the molecule is CC[C@H](CNC(=O)C1CCC(C(=O)NC[C@@H](CC)c2ccccc2)CC1)c1ccccc1. The van der Waals surface area contributed by atoms with Crippen molar-refractivity contribution in [3.05, 3.63) is 71.8 Å². The fourth-order valence-electron chi connectivity index (χ4n) is 4.80. The van der Waals surface area contributed by atoms with Crippen molar-refractivity contribution in [1.82, 2.24) is 10.6 Å². The average molecular weight is 435 g/mol. The lowest BCUT2D eigenvalue weighted by atomic mass is 9.81. The van der Waals surface area contributed by atoms with Gasteiger partial charge in [-0.3, -0.25) is 9.59 Å². The Morgan fingerprint density at radius 2 is 1.03 bits per heavy atom. The molecule has 0 bridgehead atoms. The van der Waals surface area contributed by atoms with Gasteiger partial charge in [-0.15, -0.1) is 0 Å². The van der Waals surface area contributed by atoms with Crippen LogP contribution in [0.3, 0.4) is 0 Å². The van der Waals surface area contributed by atoms with Crippen LogP contribution in [0.15, 0.2) is 60.7 Å². The Bertz CT molecular complexity index is 758. The second kappa shape index (κ2) is 12.4. The molecule has 0 aromatic heterocycles. The van der Waals surface area contributed by atoms with E-state index in [0.29, 0.717) is 24.9 Å². The van der Waals surface area contributed by atoms with E-state index in [1.807, 2.05) is 12.1 Å². The summed E-state index contributed by atoms with van der Waals surface area (Å²) < 4.78 is 0. The number of benzene rings is 2. The summed E-state index contributed by atoms with van der Waals surface area (Å²) in [6.45, 7) is 5.68. The number of nitrogens with one attached hydrogen (secondary N) is 2. The van der Waals surface area contributed by atoms with E-state index in [1.165, 1.54) is 11.1 Å². The molecule has 0 aliphatic heterocycles. The topological polar surface area (TPSA) is 58.2 Å². The lowest BCUT2D eigenvalue weighted by molar-refractivity contribution is -0.130. The minimum absolute atomic E-state index is 0.0278. The third-order valence-electron chi connectivity index (χ3n) is 7.04. The first-order chi connectivity index (χ1) is 15.6. The maximum Gasteiger partial charge on any atom is 0.223 e. The van der Waals surface area contributed by atoms with Crippen molar-refractivity contribution >= 4 is 11.8 Å². The fourth-order valence-corrected chi connectivity index (χ4v) is 4.80. The smallest absolute Gasteiger partial charge is 0.223 e. The van der Waals surface area contributed by atoms with E-state index >= 15 is 0 Å². The Morgan fingerprint density at radius 1 is 0.688 bits per heavy atom. The molecule has 0 heterocycles. The zero-order valence-corrected chi connectivity index (χ0v) is 19.6. The molecule has 0 radical (unpaired) electrons. The van der Waals surface area contributed by atoms with Gasteiger partial charge in [0.25, 0.3) is 0 Å². The molecule has 172 valence electrons. The van der Waals surface area contributed by atoms with E-state index in [0.717, 1.165) is 38.5 Å². The van der Waals surface area contributed by atoms with E-state index < -0.39 is 0 Å². The fraction of sp³-hybridized carbons (Fsp3) is 0.500. The summed E-state index contributed by atoms with van der Waals surface area (Å²) in [6, 6.07) is 20.8. The van der Waals surface area contributed by atoms with Crippen LogP contribution in [0.1, 0.15) is 75.3 Å². The van der Waals surface area contributed by atoms with Crippen molar-refractivity contribution in [1.29, 1.82) is 0 Å². The van der Waals surface area contributed by atoms with Gasteiger partial charge in [-0.1, -0.05) is 74.5 Å². The third kappa shape index (κ3) is 6.69. The number of hydrogen-bond acceptors (Lipinski definition) is 2. The van der Waals surface area contributed by atoms with Crippen LogP contribution in [0.2, 0.25) is 0 Å². The monoisotopic (exact) mass is 434 g/mol. The van der Waals surface area contributed by atoms with Gasteiger partial charge < -0.3 is 10.6 Å². The molecule has 32 heavy (non-hydrogen) atoms. The van der Waals surface area contributed by atoms with Crippen molar-refractivity contribution in [2.45, 2.75) is 64.2 Å². The highest BCUT2D eigenvalue weighted by Gasteiger charge is 2.30. The highest BCUT2D eigenvalue weighted by atomic mass is 16.2. The summed E-state index contributed by atoms with van der Waals surface area (Å²) >= 11 is 0. The molecule has 0 saturated heterocycles. The largest absolute Gasteiger partial charge is 0.355 e. The minimum atomic E-state index is 0.0278. The third-order valence-corrected chi connectivity index (χ3v) is 7.04. The molecule has 1 aliphatic rings. The van der Waals surface area contributed by atoms with Gasteiger partial charge in [0, 0.05) is 36.8 Å². The molecule has 4 nitrogen and oxygen atoms in total. The molecular formula is C28H38N2O2. The first-order valence-electron chi connectivity index (χ1n) is 12.3. The van der Waals surface area contributed by atoms with Crippen LogP contribution in [0.5, 0.6) is 0 Å². The van der Waals surface area contributed by atoms with E-state index in [2.05, 4.69) is 73.0 Å². The highest BCUT2D eigenvalue weighted by molar-refractivity contribution is 5.81. The van der Waals surface area contributed by atoms with Crippen molar-refractivity contribution in [2.75, 3.05) is 13.1 Å². The molecule has 2 amide bonds. The number of carbonyl (C=O) groups excluding carboxylic acids is 2. The van der Waals surface area contributed by atoms with Gasteiger partial charge in [0.15, 0.2) is 0 Å². The maximum atomic E-state index is 12.7. The van der Waals surface area contributed by atoms with Crippen LogP contribution in [0.25, 0.3) is 0 Å². The van der Waals surface area contributed by atoms with Crippen molar-refractivity contribution in [2.24, 2.45) is 11.8 Å². The van der Waals surface area contributed by atoms with Gasteiger partial charge in [0.05, 0.1) is 0 Å². The van der Waals surface area contributed by atoms with Crippen LogP contribution in [-0.2, 0) is 9.59 Å². The van der Waals surface area contributed by atoms with Crippen molar-refractivity contribution in [3.8, 4) is 0 Å². The normalized spacial score (nSPS) is 20.2. The molecule has 3 rings (SSSR count). The average Bonchev–Trinajstić information content (AvgIpc) is 2.86. The van der Waals surface area contributed by atoms with Gasteiger partial charge in [0.1, 0.15) is 0 Å². The Morgan fingerprint density at radius 3 is 1.34 bits per heavy atom.